The van der Waals surface area contributed by atoms with Crippen LogP contribution in [0.25, 0.3) is 33.4 Å². The van der Waals surface area contributed by atoms with Crippen LogP contribution in [0.4, 0.5) is 5.69 Å². The van der Waals surface area contributed by atoms with E-state index < -0.39 is 34.8 Å². The van der Waals surface area contributed by atoms with Crippen molar-refractivity contribution in [3.05, 3.63) is 95.4 Å². The molecule has 2 aromatic carbocycles. The van der Waals surface area contributed by atoms with Crippen molar-refractivity contribution < 1.29 is 33.4 Å². The summed E-state index contributed by atoms with van der Waals surface area (Å²) in [6, 6.07) is 19.6. The molecule has 3 saturated carbocycles. The number of rotatable bonds is 10. The highest BCUT2D eigenvalue weighted by atomic mass is 16.5. The lowest BCUT2D eigenvalue weighted by atomic mass is 9.46. The third kappa shape index (κ3) is 6.11. The Hall–Kier alpha value is -5.15. The van der Waals surface area contributed by atoms with Gasteiger partial charge in [0.15, 0.2) is 12.4 Å². The Morgan fingerprint density at radius 2 is 1.71 bits per heavy atom. The normalized spacial score (nSPS) is 27.5. The molecule has 302 valence electrons. The second-order valence-electron chi connectivity index (χ2n) is 17.2. The Bertz CT molecular complexity index is 2450. The molecule has 8 rings (SSSR count). The van der Waals surface area contributed by atoms with E-state index in [0.29, 0.717) is 35.3 Å². The maximum atomic E-state index is 14.2. The lowest BCUT2D eigenvalue weighted by molar-refractivity contribution is -0.169. The van der Waals surface area contributed by atoms with Crippen molar-refractivity contribution >= 4 is 40.0 Å². The summed E-state index contributed by atoms with van der Waals surface area (Å²) in [5.41, 5.74) is 1.94. The summed E-state index contributed by atoms with van der Waals surface area (Å²) in [4.78, 5) is 57.0. The Morgan fingerprint density at radius 3 is 2.45 bits per heavy atom. The average Bonchev–Trinajstić information content (AvgIpc) is 3.49. The van der Waals surface area contributed by atoms with Gasteiger partial charge in [-0.2, -0.15) is 0 Å². The molecule has 58 heavy (non-hydrogen) atoms. The van der Waals surface area contributed by atoms with Crippen molar-refractivity contribution in [2.75, 3.05) is 37.7 Å². The SMILES string of the molecule is CCN(CC)c1ccc2c(-c3ccccc3C(=O)OCC(=O)[C@@]3(O)CC[C@H]4[C@@H]5CCC6=CC(=O)C=C[C@]6(C)[C@H]5C(=O)C[C@@]43C)c3ccc(=[N+](CC)CC)cc-3oc2c1. The summed E-state index contributed by atoms with van der Waals surface area (Å²) in [6.07, 6.45) is 7.41. The van der Waals surface area contributed by atoms with Gasteiger partial charge in [0.25, 0.3) is 0 Å². The highest BCUT2D eigenvalue weighted by Crippen LogP contribution is 2.66. The monoisotopic (exact) mass is 783 g/mol. The van der Waals surface area contributed by atoms with Crippen molar-refractivity contribution in [2.45, 2.75) is 79.2 Å². The fourth-order valence-corrected chi connectivity index (χ4v) is 11.4. The van der Waals surface area contributed by atoms with Crippen LogP contribution in [-0.4, -0.2) is 66.8 Å². The molecule has 1 heterocycles. The zero-order chi connectivity index (χ0) is 41.1. The van der Waals surface area contributed by atoms with Crippen LogP contribution in [-0.2, 0) is 19.1 Å². The van der Waals surface area contributed by atoms with Gasteiger partial charge in [-0.25, -0.2) is 9.37 Å². The van der Waals surface area contributed by atoms with Crippen LogP contribution in [0.1, 0.15) is 84.0 Å². The van der Waals surface area contributed by atoms with Crippen LogP contribution in [0.5, 0.6) is 0 Å². The maximum absolute atomic E-state index is 14.2. The lowest BCUT2D eigenvalue weighted by Gasteiger charge is -2.56. The fourth-order valence-electron chi connectivity index (χ4n) is 11.4. The highest BCUT2D eigenvalue weighted by molar-refractivity contribution is 6.08. The zero-order valence-corrected chi connectivity index (χ0v) is 34.6. The number of carbonyl (C=O) groups excluding carboxylic acids is 4. The first-order valence-electron chi connectivity index (χ1n) is 21.1. The topological polar surface area (TPSA) is 117 Å². The van der Waals surface area contributed by atoms with Gasteiger partial charge >= 0.3 is 5.97 Å². The number of allylic oxidation sites excluding steroid dienone is 4. The number of anilines is 1. The third-order valence-electron chi connectivity index (χ3n) is 14.6. The van der Waals surface area contributed by atoms with Crippen molar-refractivity contribution in [3.63, 3.8) is 0 Å². The van der Waals surface area contributed by atoms with E-state index in [1.807, 2.05) is 44.2 Å². The minimum absolute atomic E-state index is 0.0115. The first-order chi connectivity index (χ1) is 27.8. The van der Waals surface area contributed by atoms with E-state index in [0.717, 1.165) is 65.7 Å². The summed E-state index contributed by atoms with van der Waals surface area (Å²) in [5, 5.41) is 14.2. The van der Waals surface area contributed by atoms with E-state index in [2.05, 4.69) is 61.4 Å². The minimum atomic E-state index is -1.83. The summed E-state index contributed by atoms with van der Waals surface area (Å²) in [7, 11) is 0. The molecule has 9 heteroatoms. The van der Waals surface area contributed by atoms with Crippen LogP contribution in [0, 0.1) is 28.6 Å². The number of hydrogen-bond acceptors (Lipinski definition) is 8. The second kappa shape index (κ2) is 14.9. The molecule has 0 unspecified atom stereocenters. The van der Waals surface area contributed by atoms with Gasteiger partial charge in [0.2, 0.25) is 11.1 Å². The highest BCUT2D eigenvalue weighted by Gasteiger charge is 2.68. The van der Waals surface area contributed by atoms with Crippen LogP contribution >= 0.6 is 0 Å². The van der Waals surface area contributed by atoms with Crippen molar-refractivity contribution in [3.8, 4) is 22.5 Å². The molecular formula is C49H55N2O7+. The molecule has 0 aromatic heterocycles. The number of benzene rings is 3. The smallest absolute Gasteiger partial charge is 0.339 e. The predicted octanol–water partition coefficient (Wildman–Crippen LogP) is 7.81. The van der Waals surface area contributed by atoms with Gasteiger partial charge < -0.3 is 19.2 Å². The minimum Gasteiger partial charge on any atom is -0.456 e. The van der Waals surface area contributed by atoms with Crippen molar-refractivity contribution in [2.24, 2.45) is 28.6 Å². The molecule has 1 aliphatic heterocycles. The molecule has 5 aliphatic carbocycles. The average molecular weight is 784 g/mol. The number of ether oxygens (including phenoxy) is 1. The van der Waals surface area contributed by atoms with Crippen LogP contribution in [0.15, 0.2) is 88.9 Å². The van der Waals surface area contributed by atoms with E-state index in [4.69, 9.17) is 9.15 Å². The van der Waals surface area contributed by atoms with Gasteiger partial charge in [-0.05, 0) is 107 Å². The molecule has 0 spiro atoms. The number of ketones is 3. The number of nitrogens with zero attached hydrogens (tertiary/aromatic N) is 2. The third-order valence-corrected chi connectivity index (χ3v) is 14.6. The van der Waals surface area contributed by atoms with Crippen molar-refractivity contribution in [1.29, 1.82) is 0 Å². The molecule has 6 atom stereocenters. The number of carbonyl (C=O) groups is 4. The van der Waals surface area contributed by atoms with Crippen molar-refractivity contribution in [1.82, 2.24) is 4.58 Å². The molecule has 0 saturated heterocycles. The number of esters is 1. The lowest BCUT2D eigenvalue weighted by Crippen LogP contribution is -2.60. The quantitative estimate of drug-likeness (QED) is 0.0985. The number of hydrogen-bond donors (Lipinski definition) is 1. The van der Waals surface area contributed by atoms with Gasteiger partial charge in [-0.1, -0.05) is 43.7 Å². The Balaban J connectivity index is 1.11. The second-order valence-corrected chi connectivity index (χ2v) is 17.2. The molecule has 3 fully saturated rings. The summed E-state index contributed by atoms with van der Waals surface area (Å²) < 4.78 is 14.8. The number of aliphatic hydroxyl groups is 1. The zero-order valence-electron chi connectivity index (χ0n) is 34.6. The summed E-state index contributed by atoms with van der Waals surface area (Å²) in [5.74, 6) is -1.02. The van der Waals surface area contributed by atoms with Crippen LogP contribution < -0.4 is 14.8 Å². The summed E-state index contributed by atoms with van der Waals surface area (Å²) in [6.45, 7) is 15.1. The van der Waals surface area contributed by atoms with E-state index in [9.17, 15) is 24.3 Å². The first kappa shape index (κ1) is 39.7. The Kier molecular flexibility index (Phi) is 10.2. The Morgan fingerprint density at radius 1 is 0.948 bits per heavy atom. The molecule has 9 nitrogen and oxygen atoms in total. The van der Waals surface area contributed by atoms with E-state index >= 15 is 0 Å². The largest absolute Gasteiger partial charge is 0.456 e. The molecule has 2 aromatic rings. The van der Waals surface area contributed by atoms with E-state index in [1.165, 1.54) is 0 Å². The van der Waals surface area contributed by atoms with Crippen LogP contribution in [0.2, 0.25) is 0 Å². The number of fused-ring (bicyclic) bond motifs is 7. The van der Waals surface area contributed by atoms with Gasteiger partial charge in [0.05, 0.1) is 11.6 Å². The molecular weight excluding hydrogens is 729 g/mol. The molecule has 1 N–H and O–H groups in total. The maximum Gasteiger partial charge on any atom is 0.339 e. The summed E-state index contributed by atoms with van der Waals surface area (Å²) >= 11 is 0. The van der Waals surface area contributed by atoms with Crippen LogP contribution in [0.3, 0.4) is 0 Å². The van der Waals surface area contributed by atoms with Gasteiger partial charge in [0, 0.05) is 70.6 Å². The molecule has 0 amide bonds. The number of Topliss-reactive ketones (excluding diaryl/α,β-unsaturated/α-hetero) is 2. The van der Waals surface area contributed by atoms with E-state index in [1.54, 1.807) is 24.3 Å². The van der Waals surface area contributed by atoms with Gasteiger partial charge in [0.1, 0.15) is 35.8 Å². The Labute approximate surface area is 340 Å². The van der Waals surface area contributed by atoms with Gasteiger partial charge in [-0.3, -0.25) is 14.4 Å². The first-order valence-corrected chi connectivity index (χ1v) is 21.1. The van der Waals surface area contributed by atoms with E-state index in [-0.39, 0.29) is 42.2 Å². The molecule has 6 aliphatic rings. The molecule has 0 radical (unpaired) electrons. The fraction of sp³-hybridized carbons (Fsp3) is 0.449. The predicted molar refractivity (Wildman–Crippen MR) is 225 cm³/mol. The molecule has 0 bridgehead atoms. The standard InChI is InChI=1S/C49H55N2O7/c1-7-50(8-2)31-16-19-37-41(26-31)58-42-27-32(51(9-3)10-4)17-20-38(42)44(37)34-13-11-12-14-35(34)46(55)57-29-43(54)49(56)24-22-39-36-18-15-30-25-33(52)21-23-47(30,5)45(36)40(53)28-48(39,49)6/h11-14,16-17,19-21,23,25-27,36,39,45,56H,7-10,15,18,22,24,28-29H2,1-6H3/q+1/t36-,39-,45+,47-,48-,49-/m0/s1. The van der Waals surface area contributed by atoms with Gasteiger partial charge in [-0.15, -0.1) is 0 Å².